The summed E-state index contributed by atoms with van der Waals surface area (Å²) >= 11 is 1.33. The van der Waals surface area contributed by atoms with Crippen LogP contribution in [0, 0.1) is 12.8 Å². The molecule has 0 bridgehead atoms. The molecule has 0 saturated heterocycles. The summed E-state index contributed by atoms with van der Waals surface area (Å²) in [6.07, 6.45) is 0. The molecule has 0 fully saturated rings. The van der Waals surface area contributed by atoms with Crippen LogP contribution in [-0.4, -0.2) is 32.3 Å². The number of carbonyl (C=O) groups excluding carboxylic acids is 2. The number of rotatable bonds is 9. The molecular weight excluding hydrogens is 422 g/mol. The Morgan fingerprint density at radius 2 is 1.81 bits per heavy atom. The Bertz CT molecular complexity index is 1070. The lowest BCUT2D eigenvalue weighted by molar-refractivity contribution is -0.113. The van der Waals surface area contributed by atoms with Gasteiger partial charge < -0.3 is 15.2 Å². The van der Waals surface area contributed by atoms with Crippen LogP contribution in [0.5, 0.6) is 0 Å². The standard InChI is InChI=1S/C24H29N5O2S/c1-5-29-22(21(16(2)3)26-23(31)18-11-7-6-8-12-18)27-28-24(29)32-15-20(30)25-19-13-9-10-17(4)14-19/h6-14,16,21H,5,15H2,1-4H3,(H,25,30)(H,26,31)/t21-/m1/s1. The third-order valence-electron chi connectivity index (χ3n) is 4.96. The maximum atomic E-state index is 12.7. The van der Waals surface area contributed by atoms with Crippen LogP contribution < -0.4 is 10.6 Å². The van der Waals surface area contributed by atoms with Crippen LogP contribution in [0.15, 0.2) is 59.8 Å². The van der Waals surface area contributed by atoms with E-state index in [4.69, 9.17) is 0 Å². The van der Waals surface area contributed by atoms with Gasteiger partial charge in [0.2, 0.25) is 5.91 Å². The second-order valence-corrected chi connectivity index (χ2v) is 8.80. The molecule has 2 amide bonds. The summed E-state index contributed by atoms with van der Waals surface area (Å²) in [6.45, 7) is 8.69. The summed E-state index contributed by atoms with van der Waals surface area (Å²) < 4.78 is 1.96. The number of anilines is 1. The van der Waals surface area contributed by atoms with Crippen molar-refractivity contribution in [3.8, 4) is 0 Å². The van der Waals surface area contributed by atoms with Crippen molar-refractivity contribution < 1.29 is 9.59 Å². The molecule has 7 nitrogen and oxygen atoms in total. The fourth-order valence-corrected chi connectivity index (χ4v) is 4.14. The lowest BCUT2D eigenvalue weighted by Gasteiger charge is -2.22. The molecule has 0 aliphatic carbocycles. The molecule has 3 rings (SSSR count). The number of nitrogens with one attached hydrogen (secondary N) is 2. The maximum absolute atomic E-state index is 12.7. The summed E-state index contributed by atoms with van der Waals surface area (Å²) in [4.78, 5) is 25.1. The second kappa shape index (κ2) is 10.9. The number of carbonyl (C=O) groups is 2. The Kier molecular flexibility index (Phi) is 8.05. The van der Waals surface area contributed by atoms with Gasteiger partial charge in [-0.25, -0.2) is 0 Å². The summed E-state index contributed by atoms with van der Waals surface area (Å²) in [7, 11) is 0. The number of hydrogen-bond donors (Lipinski definition) is 2. The number of amides is 2. The highest BCUT2D eigenvalue weighted by atomic mass is 32.2. The van der Waals surface area contributed by atoms with Crippen LogP contribution >= 0.6 is 11.8 Å². The van der Waals surface area contributed by atoms with Gasteiger partial charge in [-0.3, -0.25) is 9.59 Å². The van der Waals surface area contributed by atoms with E-state index < -0.39 is 0 Å². The van der Waals surface area contributed by atoms with Crippen LogP contribution in [0.25, 0.3) is 0 Å². The smallest absolute Gasteiger partial charge is 0.251 e. The molecule has 8 heteroatoms. The maximum Gasteiger partial charge on any atom is 0.251 e. The zero-order valence-electron chi connectivity index (χ0n) is 18.8. The van der Waals surface area contributed by atoms with E-state index in [1.54, 1.807) is 12.1 Å². The fourth-order valence-electron chi connectivity index (χ4n) is 3.33. The molecule has 2 N–H and O–H groups in total. The van der Waals surface area contributed by atoms with E-state index in [9.17, 15) is 9.59 Å². The SMILES string of the molecule is CCn1c(SCC(=O)Nc2cccc(C)c2)nnc1[C@H](NC(=O)c1ccccc1)C(C)C. The molecule has 1 heterocycles. The van der Waals surface area contributed by atoms with Crippen molar-refractivity contribution in [2.75, 3.05) is 11.1 Å². The van der Waals surface area contributed by atoms with E-state index in [1.165, 1.54) is 11.8 Å². The first-order valence-corrected chi connectivity index (χ1v) is 11.7. The molecule has 0 unspecified atom stereocenters. The largest absolute Gasteiger partial charge is 0.342 e. The number of aromatic nitrogens is 3. The quantitative estimate of drug-likeness (QED) is 0.469. The average molecular weight is 452 g/mol. The second-order valence-electron chi connectivity index (χ2n) is 7.85. The number of thioether (sulfide) groups is 1. The molecule has 3 aromatic rings. The molecule has 168 valence electrons. The minimum atomic E-state index is -0.300. The summed E-state index contributed by atoms with van der Waals surface area (Å²) in [5.41, 5.74) is 2.46. The molecule has 0 radical (unpaired) electrons. The monoisotopic (exact) mass is 451 g/mol. The molecular formula is C24H29N5O2S. The minimum absolute atomic E-state index is 0.106. The van der Waals surface area contributed by atoms with Crippen LogP contribution in [0.2, 0.25) is 0 Å². The van der Waals surface area contributed by atoms with Crippen LogP contribution in [0.1, 0.15) is 48.6 Å². The predicted molar refractivity (Wildman–Crippen MR) is 128 cm³/mol. The van der Waals surface area contributed by atoms with Crippen LogP contribution in [0.3, 0.4) is 0 Å². The van der Waals surface area contributed by atoms with Gasteiger partial charge in [-0.1, -0.05) is 55.9 Å². The fraction of sp³-hybridized carbons (Fsp3) is 0.333. The van der Waals surface area contributed by atoms with Gasteiger partial charge in [0.05, 0.1) is 11.8 Å². The average Bonchev–Trinajstić information content (AvgIpc) is 3.18. The predicted octanol–water partition coefficient (Wildman–Crippen LogP) is 4.46. The van der Waals surface area contributed by atoms with Gasteiger partial charge in [-0.05, 0) is 49.6 Å². The van der Waals surface area contributed by atoms with E-state index in [-0.39, 0.29) is 29.5 Å². The number of aryl methyl sites for hydroxylation is 1. The molecule has 1 aromatic heterocycles. The van der Waals surface area contributed by atoms with Crippen molar-refractivity contribution in [2.24, 2.45) is 5.92 Å². The highest BCUT2D eigenvalue weighted by Gasteiger charge is 2.26. The first-order valence-electron chi connectivity index (χ1n) is 10.7. The van der Waals surface area contributed by atoms with Gasteiger partial charge in [0, 0.05) is 17.8 Å². The molecule has 0 aliphatic rings. The number of nitrogens with zero attached hydrogens (tertiary/aromatic N) is 3. The van der Waals surface area contributed by atoms with Crippen LogP contribution in [0.4, 0.5) is 5.69 Å². The van der Waals surface area contributed by atoms with Gasteiger partial charge in [0.15, 0.2) is 11.0 Å². The van der Waals surface area contributed by atoms with Crippen molar-refractivity contribution in [3.05, 3.63) is 71.5 Å². The molecule has 2 aromatic carbocycles. The lowest BCUT2D eigenvalue weighted by atomic mass is 10.0. The first kappa shape index (κ1) is 23.5. The van der Waals surface area contributed by atoms with Gasteiger partial charge in [-0.2, -0.15) is 0 Å². The third kappa shape index (κ3) is 5.97. The Morgan fingerprint density at radius 3 is 2.47 bits per heavy atom. The zero-order chi connectivity index (χ0) is 23.1. The van der Waals surface area contributed by atoms with Crippen molar-refractivity contribution in [3.63, 3.8) is 0 Å². The Hall–Kier alpha value is -3.13. The lowest BCUT2D eigenvalue weighted by Crippen LogP contribution is -2.33. The van der Waals surface area contributed by atoms with Gasteiger partial charge >= 0.3 is 0 Å². The van der Waals surface area contributed by atoms with Crippen molar-refractivity contribution in [2.45, 2.75) is 45.4 Å². The highest BCUT2D eigenvalue weighted by Crippen LogP contribution is 2.25. The summed E-state index contributed by atoms with van der Waals surface area (Å²) in [6, 6.07) is 16.5. The van der Waals surface area contributed by atoms with Crippen molar-refractivity contribution in [1.29, 1.82) is 0 Å². The summed E-state index contributed by atoms with van der Waals surface area (Å²) in [5.74, 6) is 0.759. The van der Waals surface area contributed by atoms with Crippen molar-refractivity contribution >= 4 is 29.3 Å². The van der Waals surface area contributed by atoms with Crippen molar-refractivity contribution in [1.82, 2.24) is 20.1 Å². The number of benzene rings is 2. The van der Waals surface area contributed by atoms with E-state index in [0.29, 0.717) is 23.1 Å². The van der Waals surface area contributed by atoms with E-state index in [2.05, 4.69) is 20.8 Å². The highest BCUT2D eigenvalue weighted by molar-refractivity contribution is 7.99. The molecule has 0 saturated carbocycles. The van der Waals surface area contributed by atoms with Gasteiger partial charge in [0.25, 0.3) is 5.91 Å². The minimum Gasteiger partial charge on any atom is -0.342 e. The molecule has 32 heavy (non-hydrogen) atoms. The topological polar surface area (TPSA) is 88.9 Å². The number of hydrogen-bond acceptors (Lipinski definition) is 5. The van der Waals surface area contributed by atoms with Gasteiger partial charge in [-0.15, -0.1) is 10.2 Å². The first-order chi connectivity index (χ1) is 15.4. The Morgan fingerprint density at radius 1 is 1.06 bits per heavy atom. The zero-order valence-corrected chi connectivity index (χ0v) is 19.6. The Labute approximate surface area is 193 Å². The molecule has 1 atom stereocenters. The van der Waals surface area contributed by atoms with E-state index >= 15 is 0 Å². The van der Waals surface area contributed by atoms with Gasteiger partial charge in [0.1, 0.15) is 0 Å². The third-order valence-corrected chi connectivity index (χ3v) is 5.93. The normalized spacial score (nSPS) is 11.9. The summed E-state index contributed by atoms with van der Waals surface area (Å²) in [5, 5.41) is 15.3. The van der Waals surface area contributed by atoms with Crippen LogP contribution in [-0.2, 0) is 11.3 Å². The molecule has 0 spiro atoms. The Balaban J connectivity index is 1.70. The molecule has 0 aliphatic heterocycles. The van der Waals surface area contributed by atoms with E-state index in [0.717, 1.165) is 11.3 Å². The van der Waals surface area contributed by atoms with E-state index in [1.807, 2.05) is 74.7 Å².